The number of hydrogen-bond donors (Lipinski definition) is 1. The molecular weight excluding hydrogens is 268 g/mol. The fourth-order valence-corrected chi connectivity index (χ4v) is 3.17. The molecule has 2 aromatic rings. The van der Waals surface area contributed by atoms with E-state index in [2.05, 4.69) is 39.3 Å². The zero-order chi connectivity index (χ0) is 14.1. The number of benzene rings is 1. The number of piperazine rings is 1. The lowest BCUT2D eigenvalue weighted by Gasteiger charge is -2.34. The Morgan fingerprint density at radius 1 is 1.20 bits per heavy atom. The molecule has 2 heterocycles. The molecule has 20 heavy (non-hydrogen) atoms. The number of rotatable bonds is 2. The predicted molar refractivity (Wildman–Crippen MR) is 86.4 cm³/mol. The number of nitrogen functional groups attached to an aromatic ring is 1. The van der Waals surface area contributed by atoms with Gasteiger partial charge in [-0.2, -0.15) is 0 Å². The highest BCUT2D eigenvalue weighted by atomic mass is 32.1. The average molecular weight is 288 g/mol. The Kier molecular flexibility index (Phi) is 3.63. The van der Waals surface area contributed by atoms with Crippen LogP contribution >= 0.6 is 11.3 Å². The van der Waals surface area contributed by atoms with Gasteiger partial charge < -0.3 is 15.5 Å². The molecule has 1 aliphatic rings. The molecule has 0 radical (unpaired) electrons. The van der Waals surface area contributed by atoms with Crippen LogP contribution in [0.3, 0.4) is 0 Å². The predicted octanol–water partition coefficient (Wildman–Crippen LogP) is 2.45. The highest BCUT2D eigenvalue weighted by Crippen LogP contribution is 2.30. The lowest BCUT2D eigenvalue weighted by molar-refractivity contribution is 0.313. The normalized spacial score (nSPS) is 16.6. The number of nitrogens with two attached hydrogens (primary N) is 1. The van der Waals surface area contributed by atoms with Crippen LogP contribution in [0.15, 0.2) is 23.6 Å². The Labute approximate surface area is 123 Å². The van der Waals surface area contributed by atoms with E-state index in [1.54, 1.807) is 11.3 Å². The third-order valence-corrected chi connectivity index (χ3v) is 4.56. The molecule has 0 saturated carbocycles. The summed E-state index contributed by atoms with van der Waals surface area (Å²) >= 11 is 1.67. The molecule has 0 bridgehead atoms. The largest absolute Gasteiger partial charge is 0.397 e. The summed E-state index contributed by atoms with van der Waals surface area (Å²) in [4.78, 5) is 9.23. The Morgan fingerprint density at radius 2 is 1.95 bits per heavy atom. The summed E-state index contributed by atoms with van der Waals surface area (Å²) in [6, 6.07) is 6.30. The smallest absolute Gasteiger partial charge is 0.0901 e. The first-order valence-electron chi connectivity index (χ1n) is 6.89. The van der Waals surface area contributed by atoms with E-state index in [-0.39, 0.29) is 0 Å². The van der Waals surface area contributed by atoms with Crippen molar-refractivity contribution in [2.24, 2.45) is 0 Å². The second-order valence-corrected chi connectivity index (χ2v) is 6.38. The molecule has 0 amide bonds. The van der Waals surface area contributed by atoms with Gasteiger partial charge in [0.25, 0.3) is 0 Å². The van der Waals surface area contributed by atoms with Crippen molar-refractivity contribution >= 4 is 22.7 Å². The number of aryl methyl sites for hydroxylation is 1. The van der Waals surface area contributed by atoms with E-state index in [1.165, 1.54) is 0 Å². The van der Waals surface area contributed by atoms with Crippen molar-refractivity contribution in [1.82, 2.24) is 9.88 Å². The molecule has 1 saturated heterocycles. The first kappa shape index (κ1) is 13.4. The fourth-order valence-electron chi connectivity index (χ4n) is 2.55. The molecule has 1 aliphatic heterocycles. The van der Waals surface area contributed by atoms with Crippen LogP contribution in [0.2, 0.25) is 0 Å². The van der Waals surface area contributed by atoms with E-state index in [1.807, 2.05) is 13.0 Å². The highest BCUT2D eigenvalue weighted by molar-refractivity contribution is 7.09. The quantitative estimate of drug-likeness (QED) is 0.862. The summed E-state index contributed by atoms with van der Waals surface area (Å²) < 4.78 is 0. The number of anilines is 2. The van der Waals surface area contributed by atoms with Gasteiger partial charge in [-0.25, -0.2) is 4.98 Å². The van der Waals surface area contributed by atoms with E-state index in [4.69, 9.17) is 5.73 Å². The first-order chi connectivity index (χ1) is 9.63. The average Bonchev–Trinajstić information content (AvgIpc) is 2.87. The van der Waals surface area contributed by atoms with Gasteiger partial charge in [-0.15, -0.1) is 11.3 Å². The van der Waals surface area contributed by atoms with E-state index >= 15 is 0 Å². The number of thiazole rings is 1. The van der Waals surface area contributed by atoms with Crippen molar-refractivity contribution in [2.75, 3.05) is 43.9 Å². The molecule has 2 N–H and O–H groups in total. The van der Waals surface area contributed by atoms with Crippen LogP contribution in [-0.2, 0) is 0 Å². The number of aromatic nitrogens is 1. The van der Waals surface area contributed by atoms with Crippen molar-refractivity contribution in [2.45, 2.75) is 6.92 Å². The van der Waals surface area contributed by atoms with Gasteiger partial charge in [0.15, 0.2) is 0 Å². The zero-order valence-electron chi connectivity index (χ0n) is 12.0. The molecule has 0 aliphatic carbocycles. The maximum Gasteiger partial charge on any atom is 0.0901 e. The van der Waals surface area contributed by atoms with E-state index in [0.29, 0.717) is 0 Å². The van der Waals surface area contributed by atoms with Gasteiger partial charge >= 0.3 is 0 Å². The molecule has 1 aromatic carbocycles. The first-order valence-corrected chi connectivity index (χ1v) is 7.77. The minimum Gasteiger partial charge on any atom is -0.397 e. The lowest BCUT2D eigenvalue weighted by Crippen LogP contribution is -2.44. The third kappa shape index (κ3) is 2.64. The molecule has 3 rings (SSSR count). The summed E-state index contributed by atoms with van der Waals surface area (Å²) in [6.45, 7) is 6.28. The van der Waals surface area contributed by atoms with Crippen LogP contribution < -0.4 is 10.6 Å². The monoisotopic (exact) mass is 288 g/mol. The Bertz CT molecular complexity index is 600. The Balaban J connectivity index is 1.84. The van der Waals surface area contributed by atoms with Gasteiger partial charge in [-0.3, -0.25) is 0 Å². The van der Waals surface area contributed by atoms with E-state index < -0.39 is 0 Å². The van der Waals surface area contributed by atoms with Crippen LogP contribution in [0, 0.1) is 6.92 Å². The van der Waals surface area contributed by atoms with E-state index in [0.717, 1.165) is 53.8 Å². The minimum atomic E-state index is 0.845. The SMILES string of the molecule is Cc1nc(-c2ccc(N3CCN(C)CC3)c(N)c2)cs1. The summed E-state index contributed by atoms with van der Waals surface area (Å²) in [5.41, 5.74) is 10.4. The lowest BCUT2D eigenvalue weighted by atomic mass is 10.1. The molecule has 0 spiro atoms. The van der Waals surface area contributed by atoms with Gasteiger partial charge in [0, 0.05) is 37.1 Å². The maximum atomic E-state index is 6.25. The molecule has 1 aromatic heterocycles. The van der Waals surface area contributed by atoms with Gasteiger partial charge in [0.1, 0.15) is 0 Å². The minimum absolute atomic E-state index is 0.845. The molecule has 4 nitrogen and oxygen atoms in total. The molecule has 106 valence electrons. The summed E-state index contributed by atoms with van der Waals surface area (Å²) in [5.74, 6) is 0. The topological polar surface area (TPSA) is 45.4 Å². The van der Waals surface area contributed by atoms with Crippen molar-refractivity contribution in [3.05, 3.63) is 28.6 Å². The molecule has 5 heteroatoms. The molecule has 0 unspecified atom stereocenters. The zero-order valence-corrected chi connectivity index (χ0v) is 12.8. The maximum absolute atomic E-state index is 6.25. The standard InChI is InChI=1S/C15H20N4S/c1-11-17-14(10-20-11)12-3-4-15(13(16)9-12)19-7-5-18(2)6-8-19/h3-4,9-10H,5-8,16H2,1-2H3. The third-order valence-electron chi connectivity index (χ3n) is 3.79. The van der Waals surface area contributed by atoms with Crippen molar-refractivity contribution in [1.29, 1.82) is 0 Å². The molecule has 1 fully saturated rings. The van der Waals surface area contributed by atoms with Gasteiger partial charge in [0.2, 0.25) is 0 Å². The second-order valence-electron chi connectivity index (χ2n) is 5.32. The Morgan fingerprint density at radius 3 is 2.55 bits per heavy atom. The number of hydrogen-bond acceptors (Lipinski definition) is 5. The van der Waals surface area contributed by atoms with Crippen LogP contribution in [0.5, 0.6) is 0 Å². The number of likely N-dealkylation sites (N-methyl/N-ethyl adjacent to an activating group) is 1. The van der Waals surface area contributed by atoms with Crippen LogP contribution in [0.4, 0.5) is 11.4 Å². The van der Waals surface area contributed by atoms with Crippen molar-refractivity contribution in [3.8, 4) is 11.3 Å². The van der Waals surface area contributed by atoms with Crippen molar-refractivity contribution in [3.63, 3.8) is 0 Å². The van der Waals surface area contributed by atoms with Crippen LogP contribution in [-0.4, -0.2) is 43.1 Å². The second kappa shape index (κ2) is 5.42. The highest BCUT2D eigenvalue weighted by Gasteiger charge is 2.16. The van der Waals surface area contributed by atoms with Gasteiger partial charge in [-0.05, 0) is 26.1 Å². The van der Waals surface area contributed by atoms with Gasteiger partial charge in [-0.1, -0.05) is 6.07 Å². The van der Waals surface area contributed by atoms with Crippen LogP contribution in [0.25, 0.3) is 11.3 Å². The van der Waals surface area contributed by atoms with Crippen LogP contribution in [0.1, 0.15) is 5.01 Å². The van der Waals surface area contributed by atoms with E-state index in [9.17, 15) is 0 Å². The Hall–Kier alpha value is -1.59. The number of nitrogens with zero attached hydrogens (tertiary/aromatic N) is 3. The molecule has 0 atom stereocenters. The van der Waals surface area contributed by atoms with Gasteiger partial charge in [0.05, 0.1) is 22.1 Å². The summed E-state index contributed by atoms with van der Waals surface area (Å²) in [7, 11) is 2.16. The summed E-state index contributed by atoms with van der Waals surface area (Å²) in [5, 5.41) is 3.17. The molecular formula is C15H20N4S. The van der Waals surface area contributed by atoms with Crippen molar-refractivity contribution < 1.29 is 0 Å². The fraction of sp³-hybridized carbons (Fsp3) is 0.400. The summed E-state index contributed by atoms with van der Waals surface area (Å²) in [6.07, 6.45) is 0.